The first-order chi connectivity index (χ1) is 16.5. The highest BCUT2D eigenvalue weighted by molar-refractivity contribution is 9.10. The third kappa shape index (κ3) is 5.83. The van der Waals surface area contributed by atoms with E-state index in [0.717, 1.165) is 21.2 Å². The SMILES string of the molecule is Cc1ccc(-c2ccc(/C=C(\C#N)C(=O)Nc3ccc(OCc4ccccc4)cc3)o2)c(Br)c1. The van der Waals surface area contributed by atoms with Crippen LogP contribution in [-0.2, 0) is 11.4 Å². The molecule has 1 aromatic heterocycles. The van der Waals surface area contributed by atoms with Crippen molar-refractivity contribution in [2.24, 2.45) is 0 Å². The van der Waals surface area contributed by atoms with Crippen LogP contribution in [0.1, 0.15) is 16.9 Å². The number of furan rings is 1. The Labute approximate surface area is 206 Å². The first kappa shape index (κ1) is 23.1. The maximum Gasteiger partial charge on any atom is 0.266 e. The first-order valence-electron chi connectivity index (χ1n) is 10.6. The van der Waals surface area contributed by atoms with Crippen molar-refractivity contribution in [3.8, 4) is 23.1 Å². The largest absolute Gasteiger partial charge is 0.489 e. The number of anilines is 1. The zero-order valence-electron chi connectivity index (χ0n) is 18.4. The molecule has 0 unspecified atom stereocenters. The molecule has 4 aromatic rings. The summed E-state index contributed by atoms with van der Waals surface area (Å²) in [6.45, 7) is 2.46. The second-order valence-corrected chi connectivity index (χ2v) is 8.46. The van der Waals surface area contributed by atoms with Gasteiger partial charge in [-0.05, 0) is 66.6 Å². The van der Waals surface area contributed by atoms with E-state index in [1.807, 2.05) is 67.6 Å². The van der Waals surface area contributed by atoms with Crippen LogP contribution in [0.15, 0.2) is 99.4 Å². The highest BCUT2D eigenvalue weighted by Crippen LogP contribution is 2.31. The average Bonchev–Trinajstić information content (AvgIpc) is 3.31. The van der Waals surface area contributed by atoms with E-state index in [1.165, 1.54) is 6.08 Å². The van der Waals surface area contributed by atoms with Crippen LogP contribution in [0.25, 0.3) is 17.4 Å². The van der Waals surface area contributed by atoms with Gasteiger partial charge in [0.25, 0.3) is 5.91 Å². The van der Waals surface area contributed by atoms with Gasteiger partial charge in [0.2, 0.25) is 0 Å². The van der Waals surface area contributed by atoms with E-state index in [2.05, 4.69) is 21.2 Å². The van der Waals surface area contributed by atoms with Crippen molar-refractivity contribution in [1.29, 1.82) is 5.26 Å². The number of halogens is 1. The van der Waals surface area contributed by atoms with Crippen LogP contribution in [0.5, 0.6) is 5.75 Å². The molecule has 4 rings (SSSR count). The minimum absolute atomic E-state index is 0.0618. The van der Waals surface area contributed by atoms with Crippen molar-refractivity contribution in [2.45, 2.75) is 13.5 Å². The van der Waals surface area contributed by atoms with Crippen molar-refractivity contribution in [1.82, 2.24) is 0 Å². The molecule has 0 fully saturated rings. The Balaban J connectivity index is 1.41. The fourth-order valence-electron chi connectivity index (χ4n) is 3.26. The quantitative estimate of drug-likeness (QED) is 0.211. The normalized spacial score (nSPS) is 11.0. The summed E-state index contributed by atoms with van der Waals surface area (Å²) in [6.07, 6.45) is 1.43. The van der Waals surface area contributed by atoms with Gasteiger partial charge in [0.05, 0.1) is 0 Å². The van der Waals surface area contributed by atoms with Crippen LogP contribution in [0.4, 0.5) is 5.69 Å². The summed E-state index contributed by atoms with van der Waals surface area (Å²) in [5.74, 6) is 1.22. The molecule has 34 heavy (non-hydrogen) atoms. The molecule has 0 bridgehead atoms. The number of rotatable bonds is 7. The van der Waals surface area contributed by atoms with Gasteiger partial charge in [-0.2, -0.15) is 5.26 Å². The van der Waals surface area contributed by atoms with E-state index >= 15 is 0 Å². The van der Waals surface area contributed by atoms with Crippen LogP contribution in [-0.4, -0.2) is 5.91 Å². The van der Waals surface area contributed by atoms with Gasteiger partial charge in [-0.1, -0.05) is 52.3 Å². The third-order valence-corrected chi connectivity index (χ3v) is 5.69. The number of amides is 1. The van der Waals surface area contributed by atoms with Crippen LogP contribution >= 0.6 is 15.9 Å². The lowest BCUT2D eigenvalue weighted by atomic mass is 10.1. The highest BCUT2D eigenvalue weighted by Gasteiger charge is 2.13. The lowest BCUT2D eigenvalue weighted by molar-refractivity contribution is -0.112. The molecule has 0 saturated carbocycles. The fourth-order valence-corrected chi connectivity index (χ4v) is 3.95. The summed E-state index contributed by atoms with van der Waals surface area (Å²) in [6, 6.07) is 28.3. The Morgan fingerprint density at radius 3 is 2.53 bits per heavy atom. The molecule has 0 aliphatic rings. The van der Waals surface area contributed by atoms with E-state index in [0.29, 0.717) is 29.6 Å². The topological polar surface area (TPSA) is 75.3 Å². The standard InChI is InChI=1S/C28H21BrN2O3/c1-19-7-13-25(26(29)15-19)27-14-12-24(34-27)16-21(17-30)28(32)31-22-8-10-23(11-9-22)33-18-20-5-3-2-4-6-20/h2-16H,18H2,1H3,(H,31,32)/b21-16+. The Kier molecular flexibility index (Phi) is 7.26. The Morgan fingerprint density at radius 2 is 1.82 bits per heavy atom. The molecule has 1 heterocycles. The van der Waals surface area contributed by atoms with Gasteiger partial charge < -0.3 is 14.5 Å². The Morgan fingerprint density at radius 1 is 1.06 bits per heavy atom. The minimum atomic E-state index is -0.519. The number of nitrogens with one attached hydrogen (secondary N) is 1. The molecular weight excluding hydrogens is 492 g/mol. The maximum absolute atomic E-state index is 12.6. The molecule has 3 aromatic carbocycles. The van der Waals surface area contributed by atoms with Gasteiger partial charge in [-0.3, -0.25) is 4.79 Å². The number of nitrogens with zero attached hydrogens (tertiary/aromatic N) is 1. The summed E-state index contributed by atoms with van der Waals surface area (Å²) in [4.78, 5) is 12.6. The van der Waals surface area contributed by atoms with Gasteiger partial charge in [0.15, 0.2) is 0 Å². The maximum atomic E-state index is 12.6. The van der Waals surface area contributed by atoms with Crippen molar-refractivity contribution >= 4 is 33.6 Å². The van der Waals surface area contributed by atoms with Crippen LogP contribution in [0, 0.1) is 18.3 Å². The van der Waals surface area contributed by atoms with E-state index in [1.54, 1.807) is 30.3 Å². The van der Waals surface area contributed by atoms with Gasteiger partial charge in [0, 0.05) is 21.8 Å². The fraction of sp³-hybridized carbons (Fsp3) is 0.0714. The van der Waals surface area contributed by atoms with Crippen molar-refractivity contribution in [3.05, 3.63) is 112 Å². The number of benzene rings is 3. The number of carbonyl (C=O) groups is 1. The molecule has 0 atom stereocenters. The zero-order chi connectivity index (χ0) is 23.9. The van der Waals surface area contributed by atoms with Gasteiger partial charge in [0.1, 0.15) is 35.5 Å². The number of hydrogen-bond donors (Lipinski definition) is 1. The average molecular weight is 513 g/mol. The molecule has 1 N–H and O–H groups in total. The van der Waals surface area contributed by atoms with E-state index in [9.17, 15) is 10.1 Å². The molecule has 1 amide bonds. The van der Waals surface area contributed by atoms with Gasteiger partial charge in [-0.25, -0.2) is 0 Å². The molecule has 0 saturated heterocycles. The number of aryl methyl sites for hydroxylation is 1. The van der Waals surface area contributed by atoms with Gasteiger partial charge >= 0.3 is 0 Å². The van der Waals surface area contributed by atoms with Crippen LogP contribution < -0.4 is 10.1 Å². The van der Waals surface area contributed by atoms with Crippen molar-refractivity contribution in [3.63, 3.8) is 0 Å². The second kappa shape index (κ2) is 10.7. The van der Waals surface area contributed by atoms with E-state index in [4.69, 9.17) is 9.15 Å². The monoisotopic (exact) mass is 512 g/mol. The minimum Gasteiger partial charge on any atom is -0.489 e. The molecular formula is C28H21BrN2O3. The number of ether oxygens (including phenoxy) is 1. The highest BCUT2D eigenvalue weighted by atomic mass is 79.9. The summed E-state index contributed by atoms with van der Waals surface area (Å²) in [7, 11) is 0. The number of carbonyl (C=O) groups excluding carboxylic acids is 1. The molecule has 0 aliphatic heterocycles. The molecule has 0 aliphatic carbocycles. The molecule has 0 spiro atoms. The number of nitriles is 1. The lowest BCUT2D eigenvalue weighted by Gasteiger charge is -2.08. The third-order valence-electron chi connectivity index (χ3n) is 5.03. The summed E-state index contributed by atoms with van der Waals surface area (Å²) in [5, 5.41) is 12.2. The summed E-state index contributed by atoms with van der Waals surface area (Å²) < 4.78 is 12.5. The molecule has 6 heteroatoms. The Bertz CT molecular complexity index is 1370. The van der Waals surface area contributed by atoms with Crippen molar-refractivity contribution < 1.29 is 13.9 Å². The Hall–Kier alpha value is -4.08. The summed E-state index contributed by atoms with van der Waals surface area (Å²) >= 11 is 3.54. The van der Waals surface area contributed by atoms with Crippen molar-refractivity contribution in [2.75, 3.05) is 5.32 Å². The smallest absolute Gasteiger partial charge is 0.266 e. The zero-order valence-corrected chi connectivity index (χ0v) is 20.0. The van der Waals surface area contributed by atoms with E-state index < -0.39 is 5.91 Å². The molecule has 0 radical (unpaired) electrons. The predicted octanol–water partition coefficient (Wildman–Crippen LogP) is 7.14. The predicted molar refractivity (Wildman–Crippen MR) is 136 cm³/mol. The van der Waals surface area contributed by atoms with Crippen LogP contribution in [0.2, 0.25) is 0 Å². The first-order valence-corrected chi connectivity index (χ1v) is 11.4. The van der Waals surface area contributed by atoms with Gasteiger partial charge in [-0.15, -0.1) is 0 Å². The molecule has 168 valence electrons. The second-order valence-electron chi connectivity index (χ2n) is 7.61. The molecule has 5 nitrogen and oxygen atoms in total. The summed E-state index contributed by atoms with van der Waals surface area (Å²) in [5.41, 5.74) is 3.58. The van der Waals surface area contributed by atoms with E-state index in [-0.39, 0.29) is 5.57 Å². The lowest BCUT2D eigenvalue weighted by Crippen LogP contribution is -2.13. The number of hydrogen-bond acceptors (Lipinski definition) is 4. The van der Waals surface area contributed by atoms with Crippen LogP contribution in [0.3, 0.4) is 0 Å².